The summed E-state index contributed by atoms with van der Waals surface area (Å²) >= 11 is 0. The monoisotopic (exact) mass is 227 g/mol. The Morgan fingerprint density at radius 3 is 1.88 bits per heavy atom. The number of hydrogen-bond donors (Lipinski definition) is 0. The van der Waals surface area contributed by atoms with Crippen LogP contribution in [0.15, 0.2) is 18.2 Å². The Morgan fingerprint density at radius 1 is 1.06 bits per heavy atom. The van der Waals surface area contributed by atoms with Gasteiger partial charge in [-0.2, -0.15) is 0 Å². The normalized spacial score (nSPS) is 8.25. The van der Waals surface area contributed by atoms with Crippen LogP contribution in [0.1, 0.15) is 40.2 Å². The second-order valence-electron chi connectivity index (χ2n) is 2.99. The molecule has 1 aromatic carbocycles. The van der Waals surface area contributed by atoms with Crippen molar-refractivity contribution in [2.45, 2.75) is 41.0 Å². The molecule has 0 unspecified atom stereocenters. The van der Waals surface area contributed by atoms with Crippen molar-refractivity contribution in [3.63, 3.8) is 0 Å². The van der Waals surface area contributed by atoms with E-state index in [1.165, 1.54) is 6.07 Å². The van der Waals surface area contributed by atoms with Crippen LogP contribution >= 0.6 is 0 Å². The van der Waals surface area contributed by atoms with E-state index in [0.717, 1.165) is 17.7 Å². The van der Waals surface area contributed by atoms with Gasteiger partial charge in [0.05, 0.1) is 0 Å². The van der Waals surface area contributed by atoms with Gasteiger partial charge in [0.25, 0.3) is 0 Å². The van der Waals surface area contributed by atoms with Crippen LogP contribution in [-0.4, -0.2) is 14.1 Å². The van der Waals surface area contributed by atoms with Gasteiger partial charge in [0.2, 0.25) is 0 Å². The average Bonchev–Trinajstić information content (AvgIpc) is 2.33. The Morgan fingerprint density at radius 2 is 1.56 bits per heavy atom. The maximum atomic E-state index is 13.2. The summed E-state index contributed by atoms with van der Waals surface area (Å²) in [5.74, 6) is -0.108. The molecule has 0 N–H and O–H groups in total. The van der Waals surface area contributed by atoms with Crippen LogP contribution in [0.3, 0.4) is 0 Å². The number of rotatable bonds is 2. The summed E-state index contributed by atoms with van der Waals surface area (Å²) in [6.45, 7) is 9.96. The topological polar surface area (TPSA) is 3.24 Å². The van der Waals surface area contributed by atoms with Gasteiger partial charge in [-0.1, -0.05) is 40.7 Å². The molecule has 1 nitrogen and oxygen atoms in total. The van der Waals surface area contributed by atoms with Gasteiger partial charge in [-0.15, -0.1) is 0 Å². The number of halogens is 1. The quantitative estimate of drug-likeness (QED) is 0.718. The molecule has 1 aromatic rings. The van der Waals surface area contributed by atoms with Gasteiger partial charge in [0.15, 0.2) is 0 Å². The molecule has 0 radical (unpaired) electrons. The highest BCUT2D eigenvalue weighted by Gasteiger charge is 2.06. The molecule has 0 saturated carbocycles. The Bertz CT molecular complexity index is 269. The second kappa shape index (κ2) is 10.5. The minimum absolute atomic E-state index is 0.108. The van der Waals surface area contributed by atoms with Crippen LogP contribution in [0.25, 0.3) is 0 Å². The summed E-state index contributed by atoms with van der Waals surface area (Å²) in [4.78, 5) is 1.93. The third kappa shape index (κ3) is 5.15. The Balaban J connectivity index is 0. The first-order chi connectivity index (χ1) is 7.66. The van der Waals surface area contributed by atoms with Gasteiger partial charge in [-0.05, 0) is 18.6 Å². The molecule has 0 aliphatic heterocycles. The Kier molecular flexibility index (Phi) is 11.3. The molecule has 1 rings (SSSR count). The van der Waals surface area contributed by atoms with Crippen molar-refractivity contribution in [1.82, 2.24) is 0 Å². The minimum atomic E-state index is -0.108. The summed E-state index contributed by atoms with van der Waals surface area (Å²) in [7, 11) is 3.85. The predicted octanol–water partition coefficient (Wildman–Crippen LogP) is 4.51. The lowest BCUT2D eigenvalue weighted by Crippen LogP contribution is -2.11. The van der Waals surface area contributed by atoms with Crippen molar-refractivity contribution in [2.24, 2.45) is 0 Å². The lowest BCUT2D eigenvalue weighted by atomic mass is 10.1. The summed E-state index contributed by atoms with van der Waals surface area (Å²) in [5.41, 5.74) is 1.76. The number of anilines is 1. The summed E-state index contributed by atoms with van der Waals surface area (Å²) in [6, 6.07) is 5.18. The van der Waals surface area contributed by atoms with Crippen LogP contribution in [0, 0.1) is 5.82 Å². The highest BCUT2D eigenvalue weighted by atomic mass is 19.1. The van der Waals surface area contributed by atoms with Gasteiger partial charge in [-0.3, -0.25) is 0 Å². The lowest BCUT2D eigenvalue weighted by Gasteiger charge is -2.16. The molecule has 0 aromatic heterocycles. The molecular formula is C14H26FN. The fourth-order valence-electron chi connectivity index (χ4n) is 1.32. The van der Waals surface area contributed by atoms with Gasteiger partial charge in [-0.25, -0.2) is 4.39 Å². The molecule has 0 heterocycles. The van der Waals surface area contributed by atoms with Crippen LogP contribution in [0.4, 0.5) is 10.1 Å². The summed E-state index contributed by atoms with van der Waals surface area (Å²) in [6.07, 6.45) is 0.736. The zero-order valence-electron chi connectivity index (χ0n) is 11.8. The van der Waals surface area contributed by atoms with Gasteiger partial charge >= 0.3 is 0 Å². The molecular weight excluding hydrogens is 201 g/mol. The molecule has 0 saturated heterocycles. The van der Waals surface area contributed by atoms with Gasteiger partial charge in [0.1, 0.15) is 5.82 Å². The maximum Gasteiger partial charge on any atom is 0.128 e. The average molecular weight is 227 g/mol. The maximum absolute atomic E-state index is 13.2. The molecule has 0 aliphatic carbocycles. The van der Waals surface area contributed by atoms with E-state index in [9.17, 15) is 4.39 Å². The zero-order chi connectivity index (χ0) is 13.1. The molecule has 0 fully saturated rings. The van der Waals surface area contributed by atoms with Crippen molar-refractivity contribution in [1.29, 1.82) is 0 Å². The lowest BCUT2D eigenvalue weighted by molar-refractivity contribution is 0.612. The van der Waals surface area contributed by atoms with Crippen molar-refractivity contribution in [3.8, 4) is 0 Å². The third-order valence-electron chi connectivity index (χ3n) is 1.93. The van der Waals surface area contributed by atoms with Gasteiger partial charge < -0.3 is 4.90 Å². The van der Waals surface area contributed by atoms with Crippen LogP contribution in [0.5, 0.6) is 0 Å². The van der Waals surface area contributed by atoms with E-state index < -0.39 is 0 Å². The SMILES string of the molecule is CC.CC.CCc1c(F)cccc1N(C)C. The van der Waals surface area contributed by atoms with E-state index >= 15 is 0 Å². The van der Waals surface area contributed by atoms with E-state index in [4.69, 9.17) is 0 Å². The standard InChI is InChI=1S/C10H14FN.2C2H6/c1-4-8-9(11)6-5-7-10(8)12(2)3;2*1-2/h5-7H,4H2,1-3H3;2*1-2H3. The van der Waals surface area contributed by atoms with E-state index in [1.807, 2.05) is 59.7 Å². The first-order valence-corrected chi connectivity index (χ1v) is 6.11. The number of hydrogen-bond acceptors (Lipinski definition) is 1. The first kappa shape index (κ1) is 17.3. The van der Waals surface area contributed by atoms with Crippen LogP contribution in [-0.2, 0) is 6.42 Å². The van der Waals surface area contributed by atoms with Crippen molar-refractivity contribution in [2.75, 3.05) is 19.0 Å². The third-order valence-corrected chi connectivity index (χ3v) is 1.93. The molecule has 0 bridgehead atoms. The molecule has 16 heavy (non-hydrogen) atoms. The fraction of sp³-hybridized carbons (Fsp3) is 0.571. The molecule has 2 heteroatoms. The molecule has 0 aliphatic rings. The molecule has 94 valence electrons. The Hall–Kier alpha value is -1.05. The van der Waals surface area contributed by atoms with Crippen molar-refractivity contribution >= 4 is 5.69 Å². The zero-order valence-corrected chi connectivity index (χ0v) is 11.8. The largest absolute Gasteiger partial charge is 0.377 e. The fourth-order valence-corrected chi connectivity index (χ4v) is 1.32. The summed E-state index contributed by atoms with van der Waals surface area (Å²) in [5, 5.41) is 0. The highest BCUT2D eigenvalue weighted by molar-refractivity contribution is 5.52. The minimum Gasteiger partial charge on any atom is -0.377 e. The molecule has 0 atom stereocenters. The van der Waals surface area contributed by atoms with Crippen LogP contribution in [0.2, 0.25) is 0 Å². The van der Waals surface area contributed by atoms with E-state index in [-0.39, 0.29) is 5.82 Å². The first-order valence-electron chi connectivity index (χ1n) is 6.11. The highest BCUT2D eigenvalue weighted by Crippen LogP contribution is 2.21. The predicted molar refractivity (Wildman–Crippen MR) is 72.8 cm³/mol. The van der Waals surface area contributed by atoms with E-state index in [1.54, 1.807) is 6.07 Å². The van der Waals surface area contributed by atoms with Crippen molar-refractivity contribution < 1.29 is 4.39 Å². The van der Waals surface area contributed by atoms with Crippen LogP contribution < -0.4 is 4.90 Å². The molecule has 0 spiro atoms. The number of benzene rings is 1. The Labute approximate surface area is 100 Å². The van der Waals surface area contributed by atoms with E-state index in [0.29, 0.717) is 0 Å². The molecule has 0 amide bonds. The van der Waals surface area contributed by atoms with Crippen molar-refractivity contribution in [3.05, 3.63) is 29.6 Å². The second-order valence-corrected chi connectivity index (χ2v) is 2.99. The van der Waals surface area contributed by atoms with Gasteiger partial charge in [0, 0.05) is 25.3 Å². The summed E-state index contributed by atoms with van der Waals surface area (Å²) < 4.78 is 13.2. The smallest absolute Gasteiger partial charge is 0.128 e. The van der Waals surface area contributed by atoms with E-state index in [2.05, 4.69) is 0 Å². The number of nitrogens with zero attached hydrogens (tertiary/aromatic N) is 1.